The summed E-state index contributed by atoms with van der Waals surface area (Å²) in [5.41, 5.74) is -0.996. The number of hydrogen-bond donors (Lipinski definition) is 1. The molecule has 4 nitrogen and oxygen atoms in total. The number of nitrogens with one attached hydrogen (secondary N) is 1. The molecule has 0 aliphatic heterocycles. The Balaban J connectivity index is 2.44. The first-order valence-electron chi connectivity index (χ1n) is 5.50. The van der Waals surface area contributed by atoms with Crippen LogP contribution in [0.5, 0.6) is 0 Å². The van der Waals surface area contributed by atoms with Gasteiger partial charge in [-0.05, 0) is 17.7 Å². The van der Waals surface area contributed by atoms with Crippen LogP contribution in [0.4, 0.5) is 23.5 Å². The number of aromatic nitrogens is 2. The van der Waals surface area contributed by atoms with E-state index in [-0.39, 0.29) is 18.1 Å². The fourth-order valence-electron chi connectivity index (χ4n) is 1.68. The van der Waals surface area contributed by atoms with Crippen molar-refractivity contribution in [2.24, 2.45) is 0 Å². The molecule has 20 heavy (non-hydrogen) atoms. The summed E-state index contributed by atoms with van der Waals surface area (Å²) >= 11 is 0. The Labute approximate surface area is 110 Å². The molecule has 2 rings (SSSR count). The maximum atomic E-state index is 13.2. The Morgan fingerprint density at radius 3 is 2.30 bits per heavy atom. The lowest BCUT2D eigenvalue weighted by molar-refractivity contribution is 0.444. The van der Waals surface area contributed by atoms with Gasteiger partial charge in [0.25, 0.3) is 0 Å². The van der Waals surface area contributed by atoms with Gasteiger partial charge in [0.15, 0.2) is 17.5 Å². The summed E-state index contributed by atoms with van der Waals surface area (Å²) in [6.07, 6.45) is 0.848. The van der Waals surface area contributed by atoms with Crippen molar-refractivity contribution in [1.82, 2.24) is 9.55 Å². The Morgan fingerprint density at radius 2 is 1.75 bits per heavy atom. The SMILES string of the molecule is CNc1nc(=O)c(F)cn1Cc1cc(F)c(F)c(F)c1. The minimum atomic E-state index is -1.58. The molecule has 0 bridgehead atoms. The predicted molar refractivity (Wildman–Crippen MR) is 63.4 cm³/mol. The van der Waals surface area contributed by atoms with Crippen LogP contribution >= 0.6 is 0 Å². The molecule has 2 aromatic rings. The zero-order valence-corrected chi connectivity index (χ0v) is 10.3. The molecule has 1 aromatic heterocycles. The van der Waals surface area contributed by atoms with E-state index in [9.17, 15) is 22.4 Å². The molecule has 0 amide bonds. The topological polar surface area (TPSA) is 46.9 Å². The Bertz CT molecular complexity index is 691. The predicted octanol–water partition coefficient (Wildman–Crippen LogP) is 1.89. The summed E-state index contributed by atoms with van der Waals surface area (Å²) in [6.45, 7) is -0.186. The van der Waals surface area contributed by atoms with E-state index in [4.69, 9.17) is 0 Å². The van der Waals surface area contributed by atoms with E-state index in [1.807, 2.05) is 0 Å². The van der Waals surface area contributed by atoms with E-state index in [0.717, 1.165) is 22.9 Å². The molecule has 106 valence electrons. The van der Waals surface area contributed by atoms with Crippen molar-refractivity contribution < 1.29 is 17.6 Å². The molecule has 0 unspecified atom stereocenters. The molecule has 1 heterocycles. The fraction of sp³-hybridized carbons (Fsp3) is 0.167. The summed E-state index contributed by atoms with van der Waals surface area (Å²) in [5.74, 6) is -5.36. The quantitative estimate of drug-likeness (QED) is 0.692. The highest BCUT2D eigenvalue weighted by atomic mass is 19.2. The second-order valence-corrected chi connectivity index (χ2v) is 3.97. The van der Waals surface area contributed by atoms with Crippen LogP contribution in [0.1, 0.15) is 5.56 Å². The smallest absolute Gasteiger partial charge is 0.310 e. The molecule has 0 spiro atoms. The van der Waals surface area contributed by atoms with Crippen molar-refractivity contribution in [3.05, 3.63) is 57.5 Å². The first-order valence-corrected chi connectivity index (χ1v) is 5.50. The van der Waals surface area contributed by atoms with Gasteiger partial charge >= 0.3 is 5.56 Å². The van der Waals surface area contributed by atoms with Crippen LogP contribution in [-0.4, -0.2) is 16.6 Å². The number of benzene rings is 1. The number of nitrogens with zero attached hydrogens (tertiary/aromatic N) is 2. The average Bonchev–Trinajstić information content (AvgIpc) is 2.40. The van der Waals surface area contributed by atoms with Gasteiger partial charge in [0.2, 0.25) is 11.8 Å². The summed E-state index contributed by atoms with van der Waals surface area (Å²) in [4.78, 5) is 14.5. The number of rotatable bonds is 3. The third-order valence-corrected chi connectivity index (χ3v) is 2.57. The number of anilines is 1. The highest BCUT2D eigenvalue weighted by Gasteiger charge is 2.12. The molecular weight excluding hydrogens is 278 g/mol. The first-order chi connectivity index (χ1) is 9.42. The minimum Gasteiger partial charge on any atom is -0.359 e. The molecule has 0 saturated carbocycles. The number of hydrogen-bond acceptors (Lipinski definition) is 3. The van der Waals surface area contributed by atoms with Gasteiger partial charge < -0.3 is 9.88 Å². The van der Waals surface area contributed by atoms with E-state index in [1.165, 1.54) is 7.05 Å². The van der Waals surface area contributed by atoms with Gasteiger partial charge in [-0.3, -0.25) is 4.79 Å². The molecular formula is C12H9F4N3O. The van der Waals surface area contributed by atoms with Crippen LogP contribution in [0.3, 0.4) is 0 Å². The lowest BCUT2D eigenvalue weighted by atomic mass is 10.2. The lowest BCUT2D eigenvalue weighted by Gasteiger charge is -2.12. The van der Waals surface area contributed by atoms with Crippen LogP contribution in [0.2, 0.25) is 0 Å². The zero-order valence-electron chi connectivity index (χ0n) is 10.3. The molecule has 8 heteroatoms. The van der Waals surface area contributed by atoms with Gasteiger partial charge in [-0.1, -0.05) is 0 Å². The van der Waals surface area contributed by atoms with Gasteiger partial charge in [-0.15, -0.1) is 0 Å². The fourth-order valence-corrected chi connectivity index (χ4v) is 1.68. The Hall–Kier alpha value is -2.38. The molecule has 0 aliphatic rings. The maximum Gasteiger partial charge on any atom is 0.310 e. The van der Waals surface area contributed by atoms with E-state index < -0.39 is 28.8 Å². The van der Waals surface area contributed by atoms with E-state index in [0.29, 0.717) is 0 Å². The highest BCUT2D eigenvalue weighted by molar-refractivity contribution is 5.27. The maximum absolute atomic E-state index is 13.2. The largest absolute Gasteiger partial charge is 0.359 e. The van der Waals surface area contributed by atoms with Gasteiger partial charge in [0.1, 0.15) is 0 Å². The van der Waals surface area contributed by atoms with Gasteiger partial charge in [0, 0.05) is 13.2 Å². The number of halogens is 4. The zero-order chi connectivity index (χ0) is 14.9. The molecule has 0 atom stereocenters. The van der Waals surface area contributed by atoms with Crippen LogP contribution in [0.15, 0.2) is 23.1 Å². The van der Waals surface area contributed by atoms with Crippen LogP contribution in [-0.2, 0) is 6.54 Å². The molecule has 0 saturated heterocycles. The molecule has 0 aliphatic carbocycles. The van der Waals surface area contributed by atoms with Crippen molar-refractivity contribution in [1.29, 1.82) is 0 Å². The third-order valence-electron chi connectivity index (χ3n) is 2.57. The van der Waals surface area contributed by atoms with E-state index >= 15 is 0 Å². The second-order valence-electron chi connectivity index (χ2n) is 3.97. The van der Waals surface area contributed by atoms with Crippen molar-refractivity contribution in [2.75, 3.05) is 12.4 Å². The summed E-state index contributed by atoms with van der Waals surface area (Å²) in [6, 6.07) is 1.57. The van der Waals surface area contributed by atoms with Crippen molar-refractivity contribution in [2.45, 2.75) is 6.54 Å². The second kappa shape index (κ2) is 5.32. The average molecular weight is 287 g/mol. The Morgan fingerprint density at radius 1 is 1.15 bits per heavy atom. The first kappa shape index (κ1) is 14.0. The standard InChI is InChI=1S/C12H9F4N3O/c1-17-12-18-11(20)9(15)5-19(12)4-6-2-7(13)10(16)8(14)3-6/h2-3,5H,4H2,1H3,(H,17,18,20). The summed E-state index contributed by atoms with van der Waals surface area (Å²) in [7, 11) is 1.45. The summed E-state index contributed by atoms with van der Waals surface area (Å²) in [5, 5.41) is 2.55. The third kappa shape index (κ3) is 2.63. The summed E-state index contributed by atoms with van der Waals surface area (Å²) < 4.78 is 53.3. The molecule has 0 radical (unpaired) electrons. The van der Waals surface area contributed by atoms with Crippen molar-refractivity contribution >= 4 is 5.95 Å². The monoisotopic (exact) mass is 287 g/mol. The van der Waals surface area contributed by atoms with Gasteiger partial charge in [0.05, 0.1) is 6.54 Å². The lowest BCUT2D eigenvalue weighted by Crippen LogP contribution is -2.20. The highest BCUT2D eigenvalue weighted by Crippen LogP contribution is 2.15. The van der Waals surface area contributed by atoms with Crippen molar-refractivity contribution in [3.8, 4) is 0 Å². The molecule has 1 aromatic carbocycles. The van der Waals surface area contributed by atoms with E-state index in [2.05, 4.69) is 10.3 Å². The normalized spacial score (nSPS) is 10.7. The van der Waals surface area contributed by atoms with Crippen LogP contribution in [0, 0.1) is 23.3 Å². The molecule has 0 fully saturated rings. The van der Waals surface area contributed by atoms with Crippen LogP contribution in [0.25, 0.3) is 0 Å². The van der Waals surface area contributed by atoms with Crippen LogP contribution < -0.4 is 10.9 Å². The van der Waals surface area contributed by atoms with E-state index in [1.54, 1.807) is 0 Å². The van der Waals surface area contributed by atoms with Gasteiger partial charge in [-0.2, -0.15) is 9.37 Å². The molecule has 1 N–H and O–H groups in total. The Kier molecular flexibility index (Phi) is 3.73. The van der Waals surface area contributed by atoms with Gasteiger partial charge in [-0.25, -0.2) is 13.2 Å². The van der Waals surface area contributed by atoms with Crippen molar-refractivity contribution in [3.63, 3.8) is 0 Å². The minimum absolute atomic E-state index is 0.0153.